The van der Waals surface area contributed by atoms with Crippen LogP contribution in [-0.4, -0.2) is 26.5 Å². The molecule has 0 atom stereocenters. The normalized spacial score (nSPS) is 10.7. The van der Waals surface area contributed by atoms with Crippen LogP contribution in [0.3, 0.4) is 0 Å². The van der Waals surface area contributed by atoms with Crippen molar-refractivity contribution in [1.82, 2.24) is 25.3 Å². The van der Waals surface area contributed by atoms with Gasteiger partial charge in [-0.25, -0.2) is 4.68 Å². The van der Waals surface area contributed by atoms with Crippen molar-refractivity contribution in [3.8, 4) is 0 Å². The van der Waals surface area contributed by atoms with Crippen LogP contribution in [0.1, 0.15) is 11.3 Å². The number of aromatic nitrogens is 4. The molecule has 0 saturated carbocycles. The van der Waals surface area contributed by atoms with Crippen LogP contribution in [0.5, 0.6) is 0 Å². The second-order valence-electron chi connectivity index (χ2n) is 3.74. The van der Waals surface area contributed by atoms with Gasteiger partial charge in [0.2, 0.25) is 0 Å². The lowest BCUT2D eigenvalue weighted by molar-refractivity contribution is 0.616. The zero-order valence-electron chi connectivity index (χ0n) is 9.60. The fraction of sp³-hybridized carbons (Fsp3) is 0.364. The molecule has 0 aliphatic heterocycles. The molecular weight excluding hydrogens is 282 g/mol. The molecule has 2 rings (SSSR count). The zero-order chi connectivity index (χ0) is 12.1. The molecule has 6 heteroatoms. The molecule has 0 aliphatic carbocycles. The molecule has 5 nitrogen and oxygen atoms in total. The highest BCUT2D eigenvalue weighted by Gasteiger charge is 2.06. The van der Waals surface area contributed by atoms with Crippen LogP contribution in [-0.2, 0) is 20.0 Å². The van der Waals surface area contributed by atoms with Gasteiger partial charge in [-0.1, -0.05) is 11.3 Å². The first kappa shape index (κ1) is 12.2. The van der Waals surface area contributed by atoms with Crippen LogP contribution >= 0.6 is 15.9 Å². The predicted octanol–water partition coefficient (Wildman–Crippen LogP) is 1.30. The Kier molecular flexibility index (Phi) is 4.22. The highest BCUT2D eigenvalue weighted by Crippen LogP contribution is 2.10. The second-order valence-corrected chi connectivity index (χ2v) is 4.49. The maximum absolute atomic E-state index is 4.08. The van der Waals surface area contributed by atoms with E-state index in [9.17, 15) is 0 Å². The predicted molar refractivity (Wildman–Crippen MR) is 68.4 cm³/mol. The van der Waals surface area contributed by atoms with E-state index in [1.807, 2.05) is 19.3 Å². The van der Waals surface area contributed by atoms with Crippen LogP contribution in [0.2, 0.25) is 0 Å². The van der Waals surface area contributed by atoms with Crippen molar-refractivity contribution in [2.45, 2.75) is 13.0 Å². The molecule has 0 unspecified atom stereocenters. The van der Waals surface area contributed by atoms with Gasteiger partial charge in [-0.15, -0.1) is 5.10 Å². The Morgan fingerprint density at radius 2 is 2.35 bits per heavy atom. The number of nitrogens with one attached hydrogen (secondary N) is 1. The summed E-state index contributed by atoms with van der Waals surface area (Å²) in [7, 11) is 1.88. The van der Waals surface area contributed by atoms with Crippen LogP contribution in [0, 0.1) is 0 Å². The first-order valence-corrected chi connectivity index (χ1v) is 6.20. The monoisotopic (exact) mass is 295 g/mol. The second kappa shape index (κ2) is 5.88. The van der Waals surface area contributed by atoms with Gasteiger partial charge in [0.1, 0.15) is 0 Å². The van der Waals surface area contributed by atoms with E-state index in [0.717, 1.165) is 29.8 Å². The molecule has 2 aromatic heterocycles. The maximum Gasteiger partial charge on any atom is 0.152 e. The number of pyridine rings is 1. The van der Waals surface area contributed by atoms with E-state index in [-0.39, 0.29) is 0 Å². The fourth-order valence-corrected chi connectivity index (χ4v) is 1.99. The topological polar surface area (TPSA) is 55.6 Å². The van der Waals surface area contributed by atoms with E-state index in [4.69, 9.17) is 0 Å². The molecular formula is C11H14BrN5. The average Bonchev–Trinajstić information content (AvgIpc) is 2.67. The summed E-state index contributed by atoms with van der Waals surface area (Å²) in [5, 5.41) is 11.2. The summed E-state index contributed by atoms with van der Waals surface area (Å²) in [6.07, 6.45) is 4.65. The summed E-state index contributed by atoms with van der Waals surface area (Å²) in [6, 6.07) is 4.03. The Bertz CT molecular complexity index is 448. The summed E-state index contributed by atoms with van der Waals surface area (Å²) in [5.74, 6) is 0. The van der Waals surface area contributed by atoms with Gasteiger partial charge in [-0.3, -0.25) is 4.98 Å². The van der Waals surface area contributed by atoms with Crippen molar-refractivity contribution in [3.63, 3.8) is 0 Å². The van der Waals surface area contributed by atoms with Gasteiger partial charge in [0.05, 0.1) is 5.69 Å². The molecule has 17 heavy (non-hydrogen) atoms. The number of aryl methyl sites for hydroxylation is 1. The lowest BCUT2D eigenvalue weighted by Gasteiger charge is -2.05. The molecule has 2 aromatic rings. The molecule has 0 fully saturated rings. The highest BCUT2D eigenvalue weighted by molar-refractivity contribution is 9.10. The van der Waals surface area contributed by atoms with Crippen molar-refractivity contribution in [2.24, 2.45) is 7.05 Å². The number of halogens is 1. The van der Waals surface area contributed by atoms with Crippen molar-refractivity contribution >= 4 is 15.9 Å². The number of nitrogens with zero attached hydrogens (tertiary/aromatic N) is 4. The minimum atomic E-state index is 0.754. The van der Waals surface area contributed by atoms with Crippen molar-refractivity contribution in [2.75, 3.05) is 6.54 Å². The molecule has 90 valence electrons. The van der Waals surface area contributed by atoms with Gasteiger partial charge < -0.3 is 5.32 Å². The van der Waals surface area contributed by atoms with E-state index < -0.39 is 0 Å². The van der Waals surface area contributed by atoms with Gasteiger partial charge in [0.25, 0.3) is 0 Å². The average molecular weight is 296 g/mol. The summed E-state index contributed by atoms with van der Waals surface area (Å²) in [4.78, 5) is 4.08. The number of rotatable bonds is 5. The van der Waals surface area contributed by atoms with Gasteiger partial charge in [-0.05, 0) is 40.5 Å². The number of hydrogen-bond acceptors (Lipinski definition) is 4. The Morgan fingerprint density at radius 1 is 1.47 bits per heavy atom. The Labute approximate surface area is 108 Å². The molecule has 2 heterocycles. The van der Waals surface area contributed by atoms with Crippen molar-refractivity contribution in [1.29, 1.82) is 0 Å². The Hall–Kier alpha value is -1.27. The molecule has 0 amide bonds. The quantitative estimate of drug-likeness (QED) is 0.845. The molecule has 0 radical (unpaired) electrons. The lowest BCUT2D eigenvalue weighted by Crippen LogP contribution is -2.18. The van der Waals surface area contributed by atoms with Crippen LogP contribution in [0.15, 0.2) is 29.1 Å². The van der Waals surface area contributed by atoms with Gasteiger partial charge in [0.15, 0.2) is 4.60 Å². The Balaban J connectivity index is 1.77. The lowest BCUT2D eigenvalue weighted by atomic mass is 10.2. The van der Waals surface area contributed by atoms with Crippen LogP contribution in [0.4, 0.5) is 0 Å². The first-order valence-electron chi connectivity index (χ1n) is 5.41. The van der Waals surface area contributed by atoms with E-state index in [1.54, 1.807) is 10.9 Å². The molecule has 1 N–H and O–H groups in total. The van der Waals surface area contributed by atoms with E-state index >= 15 is 0 Å². The largest absolute Gasteiger partial charge is 0.311 e. The molecule has 0 spiro atoms. The fourth-order valence-electron chi connectivity index (χ4n) is 1.52. The summed E-state index contributed by atoms with van der Waals surface area (Å²) in [5.41, 5.74) is 2.29. The number of hydrogen-bond donors (Lipinski definition) is 1. The molecule has 0 saturated heterocycles. The smallest absolute Gasteiger partial charge is 0.152 e. The van der Waals surface area contributed by atoms with Crippen molar-refractivity contribution < 1.29 is 0 Å². The third-order valence-electron chi connectivity index (χ3n) is 2.50. The summed E-state index contributed by atoms with van der Waals surface area (Å²) >= 11 is 3.37. The first-order chi connectivity index (χ1) is 8.27. The summed E-state index contributed by atoms with van der Waals surface area (Å²) in [6.45, 7) is 1.66. The van der Waals surface area contributed by atoms with Gasteiger partial charge in [-0.2, -0.15) is 0 Å². The summed E-state index contributed by atoms with van der Waals surface area (Å²) < 4.78 is 2.56. The van der Waals surface area contributed by atoms with E-state index in [1.165, 1.54) is 5.56 Å². The third-order valence-corrected chi connectivity index (χ3v) is 3.12. The van der Waals surface area contributed by atoms with Crippen molar-refractivity contribution in [3.05, 3.63) is 40.4 Å². The molecule has 0 aromatic carbocycles. The van der Waals surface area contributed by atoms with Crippen LogP contribution in [0.25, 0.3) is 0 Å². The maximum atomic E-state index is 4.08. The SMILES string of the molecule is Cn1nnc(Br)c1CNCCc1cccnc1. The Morgan fingerprint density at radius 3 is 3.00 bits per heavy atom. The molecule has 0 bridgehead atoms. The minimum absolute atomic E-state index is 0.754. The third kappa shape index (κ3) is 3.34. The minimum Gasteiger partial charge on any atom is -0.311 e. The van der Waals surface area contributed by atoms with Gasteiger partial charge >= 0.3 is 0 Å². The van der Waals surface area contributed by atoms with Gasteiger partial charge in [0, 0.05) is 26.0 Å². The zero-order valence-corrected chi connectivity index (χ0v) is 11.2. The van der Waals surface area contributed by atoms with E-state index in [2.05, 4.69) is 42.6 Å². The highest BCUT2D eigenvalue weighted by atomic mass is 79.9. The molecule has 0 aliphatic rings. The van der Waals surface area contributed by atoms with E-state index in [0.29, 0.717) is 0 Å². The van der Waals surface area contributed by atoms with Crippen LogP contribution < -0.4 is 5.32 Å². The standard InChI is InChI=1S/C11H14BrN5/c1-17-10(11(12)15-16-17)8-14-6-4-9-3-2-5-13-7-9/h2-3,5,7,14H,4,6,8H2,1H3.